The lowest BCUT2D eigenvalue weighted by Crippen LogP contribution is -2.07. The van der Waals surface area contributed by atoms with Crippen LogP contribution in [0.25, 0.3) is 5.69 Å². The summed E-state index contributed by atoms with van der Waals surface area (Å²) in [5.41, 5.74) is 3.73. The second-order valence-electron chi connectivity index (χ2n) is 3.59. The lowest BCUT2D eigenvalue weighted by atomic mass is 10.1. The van der Waals surface area contributed by atoms with Crippen LogP contribution in [0.4, 0.5) is 0 Å². The number of nitrogens with one attached hydrogen (secondary N) is 1. The molecule has 1 aromatic heterocycles. The van der Waals surface area contributed by atoms with Crippen molar-refractivity contribution in [2.45, 2.75) is 13.5 Å². The molecule has 0 unspecified atom stereocenters. The molecule has 0 atom stereocenters. The van der Waals surface area contributed by atoms with Crippen LogP contribution < -0.4 is 5.32 Å². The van der Waals surface area contributed by atoms with Gasteiger partial charge in [-0.25, -0.2) is 4.68 Å². The number of rotatable bonds is 3. The fourth-order valence-electron chi connectivity index (χ4n) is 1.63. The maximum absolute atomic E-state index is 4.20. The molecule has 78 valence electrons. The second-order valence-corrected chi connectivity index (χ2v) is 3.59. The molecular formula is C12H15N3. The first kappa shape index (κ1) is 9.93. The van der Waals surface area contributed by atoms with E-state index in [2.05, 4.69) is 35.5 Å². The van der Waals surface area contributed by atoms with Gasteiger partial charge in [0, 0.05) is 18.9 Å². The zero-order chi connectivity index (χ0) is 10.7. The van der Waals surface area contributed by atoms with E-state index in [4.69, 9.17) is 0 Å². The van der Waals surface area contributed by atoms with Crippen molar-refractivity contribution in [2.24, 2.45) is 0 Å². The first-order chi connectivity index (χ1) is 7.31. The Bertz CT molecular complexity index is 432. The van der Waals surface area contributed by atoms with Gasteiger partial charge in [-0.15, -0.1) is 0 Å². The fraction of sp³-hybridized carbons (Fsp3) is 0.250. The number of hydrogen-bond acceptors (Lipinski definition) is 2. The first-order valence-corrected chi connectivity index (χ1v) is 5.05. The Morgan fingerprint density at radius 1 is 1.40 bits per heavy atom. The highest BCUT2D eigenvalue weighted by Gasteiger charge is 2.00. The van der Waals surface area contributed by atoms with Gasteiger partial charge in [0.25, 0.3) is 0 Å². The molecule has 15 heavy (non-hydrogen) atoms. The normalized spacial score (nSPS) is 10.5. The van der Waals surface area contributed by atoms with Gasteiger partial charge in [0.05, 0.1) is 5.69 Å². The summed E-state index contributed by atoms with van der Waals surface area (Å²) in [4.78, 5) is 0. The number of aromatic nitrogens is 2. The highest BCUT2D eigenvalue weighted by Crippen LogP contribution is 2.13. The van der Waals surface area contributed by atoms with E-state index in [1.165, 1.54) is 11.1 Å². The van der Waals surface area contributed by atoms with E-state index in [9.17, 15) is 0 Å². The lowest BCUT2D eigenvalue weighted by Gasteiger charge is -2.08. The number of hydrogen-bond donors (Lipinski definition) is 1. The van der Waals surface area contributed by atoms with E-state index >= 15 is 0 Å². The smallest absolute Gasteiger partial charge is 0.0648 e. The molecule has 1 heterocycles. The Morgan fingerprint density at radius 2 is 2.27 bits per heavy atom. The van der Waals surface area contributed by atoms with Crippen molar-refractivity contribution in [3.63, 3.8) is 0 Å². The molecule has 1 aromatic carbocycles. The van der Waals surface area contributed by atoms with Gasteiger partial charge in [-0.2, -0.15) is 5.10 Å². The number of benzene rings is 1. The molecule has 0 aliphatic carbocycles. The molecule has 3 nitrogen and oxygen atoms in total. The van der Waals surface area contributed by atoms with E-state index in [-0.39, 0.29) is 0 Å². The minimum atomic E-state index is 0.908. The van der Waals surface area contributed by atoms with Crippen LogP contribution in [-0.2, 0) is 6.54 Å². The molecule has 0 saturated heterocycles. The zero-order valence-corrected chi connectivity index (χ0v) is 9.07. The van der Waals surface area contributed by atoms with Crippen molar-refractivity contribution in [3.05, 3.63) is 47.8 Å². The number of nitrogens with zero attached hydrogens (tertiary/aromatic N) is 2. The van der Waals surface area contributed by atoms with E-state index in [1.807, 2.05) is 24.0 Å². The van der Waals surface area contributed by atoms with Gasteiger partial charge in [0.15, 0.2) is 0 Å². The van der Waals surface area contributed by atoms with Crippen LogP contribution in [0, 0.1) is 6.92 Å². The minimum Gasteiger partial charge on any atom is -0.316 e. The Hall–Kier alpha value is -1.61. The first-order valence-electron chi connectivity index (χ1n) is 5.05. The van der Waals surface area contributed by atoms with Gasteiger partial charge in [-0.3, -0.25) is 0 Å². The monoisotopic (exact) mass is 201 g/mol. The summed E-state index contributed by atoms with van der Waals surface area (Å²) in [6, 6.07) is 8.31. The Labute approximate surface area is 89.7 Å². The maximum atomic E-state index is 4.20. The van der Waals surface area contributed by atoms with E-state index in [0.29, 0.717) is 0 Å². The SMILES string of the molecule is CNCc1ccc(-n2cccn2)cc1C. The summed E-state index contributed by atoms with van der Waals surface area (Å²) < 4.78 is 1.87. The van der Waals surface area contributed by atoms with Gasteiger partial charge >= 0.3 is 0 Å². The highest BCUT2D eigenvalue weighted by molar-refractivity contribution is 5.39. The molecule has 0 fully saturated rings. The van der Waals surface area contributed by atoms with Crippen molar-refractivity contribution in [1.29, 1.82) is 0 Å². The predicted octanol–water partition coefficient (Wildman–Crippen LogP) is 1.90. The zero-order valence-electron chi connectivity index (χ0n) is 9.07. The third-order valence-electron chi connectivity index (χ3n) is 2.46. The van der Waals surface area contributed by atoms with Crippen LogP contribution in [0.1, 0.15) is 11.1 Å². The van der Waals surface area contributed by atoms with Gasteiger partial charge in [-0.05, 0) is 43.3 Å². The largest absolute Gasteiger partial charge is 0.316 e. The summed E-state index contributed by atoms with van der Waals surface area (Å²) in [5.74, 6) is 0. The quantitative estimate of drug-likeness (QED) is 0.822. The molecule has 0 aliphatic heterocycles. The molecule has 0 saturated carbocycles. The van der Waals surface area contributed by atoms with E-state index in [0.717, 1.165) is 12.2 Å². The van der Waals surface area contributed by atoms with Crippen molar-refractivity contribution in [1.82, 2.24) is 15.1 Å². The van der Waals surface area contributed by atoms with Crippen molar-refractivity contribution in [2.75, 3.05) is 7.05 Å². The Balaban J connectivity index is 2.33. The molecule has 0 spiro atoms. The molecule has 3 heteroatoms. The topological polar surface area (TPSA) is 29.9 Å². The van der Waals surface area contributed by atoms with Crippen LogP contribution in [0.15, 0.2) is 36.7 Å². The van der Waals surface area contributed by atoms with E-state index in [1.54, 1.807) is 6.20 Å². The molecule has 0 amide bonds. The molecule has 0 bridgehead atoms. The van der Waals surface area contributed by atoms with Gasteiger partial charge in [-0.1, -0.05) is 6.07 Å². The van der Waals surface area contributed by atoms with Gasteiger partial charge in [0.2, 0.25) is 0 Å². The van der Waals surface area contributed by atoms with Crippen LogP contribution in [0.3, 0.4) is 0 Å². The molecule has 0 radical (unpaired) electrons. The van der Waals surface area contributed by atoms with Gasteiger partial charge in [0.1, 0.15) is 0 Å². The summed E-state index contributed by atoms with van der Waals surface area (Å²) >= 11 is 0. The molecule has 2 aromatic rings. The van der Waals surface area contributed by atoms with Crippen LogP contribution in [-0.4, -0.2) is 16.8 Å². The summed E-state index contributed by atoms with van der Waals surface area (Å²) in [5, 5.41) is 7.36. The third kappa shape index (κ3) is 2.07. The van der Waals surface area contributed by atoms with Crippen LogP contribution >= 0.6 is 0 Å². The van der Waals surface area contributed by atoms with Crippen molar-refractivity contribution in [3.8, 4) is 5.69 Å². The fourth-order valence-corrected chi connectivity index (χ4v) is 1.63. The van der Waals surface area contributed by atoms with E-state index < -0.39 is 0 Å². The van der Waals surface area contributed by atoms with Crippen LogP contribution in [0.5, 0.6) is 0 Å². The molecule has 0 aliphatic rings. The molecular weight excluding hydrogens is 186 g/mol. The Kier molecular flexibility index (Phi) is 2.83. The minimum absolute atomic E-state index is 0.908. The molecule has 1 N–H and O–H groups in total. The predicted molar refractivity (Wildman–Crippen MR) is 61.1 cm³/mol. The average molecular weight is 201 g/mol. The van der Waals surface area contributed by atoms with Crippen molar-refractivity contribution >= 4 is 0 Å². The van der Waals surface area contributed by atoms with Gasteiger partial charge < -0.3 is 5.32 Å². The average Bonchev–Trinajstić information content (AvgIpc) is 2.74. The lowest BCUT2D eigenvalue weighted by molar-refractivity contribution is 0.808. The molecule has 2 rings (SSSR count). The second kappa shape index (κ2) is 4.28. The third-order valence-corrected chi connectivity index (χ3v) is 2.46. The summed E-state index contributed by atoms with van der Waals surface area (Å²) in [6.07, 6.45) is 3.74. The van der Waals surface area contributed by atoms with Crippen LogP contribution in [0.2, 0.25) is 0 Å². The van der Waals surface area contributed by atoms with Crippen molar-refractivity contribution < 1.29 is 0 Å². The summed E-state index contributed by atoms with van der Waals surface area (Å²) in [7, 11) is 1.96. The summed E-state index contributed by atoms with van der Waals surface area (Å²) in [6.45, 7) is 3.03. The standard InChI is InChI=1S/C12H15N3/c1-10-8-12(15-7-3-6-14-15)5-4-11(10)9-13-2/h3-8,13H,9H2,1-2H3. The highest BCUT2D eigenvalue weighted by atomic mass is 15.3. The maximum Gasteiger partial charge on any atom is 0.0648 e. The Morgan fingerprint density at radius 3 is 2.87 bits per heavy atom. The number of aryl methyl sites for hydroxylation is 1.